The molecule has 0 aliphatic rings. The van der Waals surface area contributed by atoms with Crippen molar-refractivity contribution in [1.82, 2.24) is 0 Å². The van der Waals surface area contributed by atoms with Gasteiger partial charge in [-0.1, -0.05) is 0 Å². The summed E-state index contributed by atoms with van der Waals surface area (Å²) in [5.41, 5.74) is 0.300. The Morgan fingerprint density at radius 1 is 1.04 bits per heavy atom. The average Bonchev–Trinajstić information content (AvgIpc) is 2.97. The Morgan fingerprint density at radius 3 is 2.20 bits per heavy atom. The fraction of sp³-hybridized carbons (Fsp3) is 0.0667. The molecular weight excluding hydrogens is 354 g/mol. The van der Waals surface area contributed by atoms with E-state index in [9.17, 15) is 34.5 Å². The molecule has 1 aromatic heterocycles. The number of thiophene rings is 1. The molecule has 25 heavy (non-hydrogen) atoms. The summed E-state index contributed by atoms with van der Waals surface area (Å²) in [6.07, 6.45) is 0. The van der Waals surface area contributed by atoms with E-state index in [1.54, 1.807) is 0 Å². The van der Waals surface area contributed by atoms with Crippen LogP contribution in [0, 0.1) is 0 Å². The number of aromatic carboxylic acids is 1. The Bertz CT molecular complexity index is 840. The highest BCUT2D eigenvalue weighted by atomic mass is 32.1. The van der Waals surface area contributed by atoms with Gasteiger partial charge in [-0.25, -0.2) is 0 Å². The lowest BCUT2D eigenvalue weighted by Gasteiger charge is -2.07. The molecule has 1 N–H and O–H groups in total. The number of carbonyl (C=O) groups excluding carboxylic acids is 4. The zero-order valence-corrected chi connectivity index (χ0v) is 13.1. The van der Waals surface area contributed by atoms with Crippen molar-refractivity contribution in [3.05, 3.63) is 35.2 Å². The number of hydrogen-bond donors (Lipinski definition) is 1. The van der Waals surface area contributed by atoms with Crippen LogP contribution in [0.1, 0.15) is 9.67 Å². The first-order valence-corrected chi connectivity index (χ1v) is 7.40. The summed E-state index contributed by atoms with van der Waals surface area (Å²) in [5.74, 6) is -6.20. The number of rotatable bonds is 6. The molecule has 0 unspecified atom stereocenters. The lowest BCUT2D eigenvalue weighted by molar-refractivity contribution is -0.307. The minimum atomic E-state index is -2.01. The first-order chi connectivity index (χ1) is 11.8. The monoisotopic (exact) mass is 362 g/mol. The van der Waals surface area contributed by atoms with E-state index in [-0.39, 0.29) is 16.3 Å². The van der Waals surface area contributed by atoms with Crippen LogP contribution in [0.2, 0.25) is 0 Å². The van der Waals surface area contributed by atoms with E-state index in [1.165, 1.54) is 30.3 Å². The highest BCUT2D eigenvalue weighted by Gasteiger charge is 2.14. The minimum Gasteiger partial charge on any atom is -0.546 e. The van der Waals surface area contributed by atoms with Gasteiger partial charge in [0.15, 0.2) is 0 Å². The molecule has 0 saturated heterocycles. The number of carbonyl (C=O) groups is 4. The van der Waals surface area contributed by atoms with E-state index in [0.29, 0.717) is 10.4 Å². The van der Waals surface area contributed by atoms with Crippen molar-refractivity contribution in [3.63, 3.8) is 0 Å². The van der Waals surface area contributed by atoms with Crippen LogP contribution < -0.4 is 25.4 Å². The maximum atomic E-state index is 11.2. The van der Waals surface area contributed by atoms with Crippen LogP contribution in [0.25, 0.3) is 10.4 Å². The molecule has 2 rings (SSSR count). The smallest absolute Gasteiger partial charge is 0.271 e. The number of hydrogen-bond acceptors (Lipinski definition) is 9. The molecule has 0 aliphatic heterocycles. The van der Waals surface area contributed by atoms with Crippen molar-refractivity contribution in [2.45, 2.75) is 0 Å². The van der Waals surface area contributed by atoms with E-state index in [1.807, 2.05) is 5.32 Å². The largest absolute Gasteiger partial charge is 0.546 e. The van der Waals surface area contributed by atoms with Gasteiger partial charge in [-0.05, 0) is 35.9 Å². The van der Waals surface area contributed by atoms with E-state index in [4.69, 9.17) is 4.74 Å². The summed E-state index contributed by atoms with van der Waals surface area (Å²) < 4.78 is 4.91. The van der Waals surface area contributed by atoms with Crippen LogP contribution >= 0.6 is 11.3 Å². The predicted molar refractivity (Wildman–Crippen MR) is 78.2 cm³/mol. The third kappa shape index (κ3) is 4.54. The summed E-state index contributed by atoms with van der Waals surface area (Å²) in [6.45, 7) is -0.618. The second-order valence-corrected chi connectivity index (χ2v) is 5.62. The standard InChI is InChI=1S/C15H11NO8S/c17-11(18)6-24-8-3-1-7(2-4-8)10-5-9(12(25-10)14(20)21)16-13(19)15(22)23/h1-5H,6H2,(H,16,19)(H,17,18)(H,20,21)(H,22,23)/p-3. The molecule has 0 radical (unpaired) electrons. The van der Waals surface area contributed by atoms with Crippen LogP contribution in [0.4, 0.5) is 5.69 Å². The average molecular weight is 362 g/mol. The topological polar surface area (TPSA) is 159 Å². The van der Waals surface area contributed by atoms with Crippen LogP contribution in [0.15, 0.2) is 30.3 Å². The van der Waals surface area contributed by atoms with Gasteiger partial charge in [0.05, 0.1) is 22.5 Å². The normalized spacial score (nSPS) is 10.1. The number of benzene rings is 1. The van der Waals surface area contributed by atoms with E-state index in [2.05, 4.69) is 0 Å². The molecule has 0 fully saturated rings. The van der Waals surface area contributed by atoms with Gasteiger partial charge in [0.1, 0.15) is 18.3 Å². The van der Waals surface area contributed by atoms with Crippen molar-refractivity contribution < 1.29 is 39.2 Å². The van der Waals surface area contributed by atoms with Gasteiger partial charge in [-0.3, -0.25) is 4.79 Å². The fourth-order valence-electron chi connectivity index (χ4n) is 1.81. The van der Waals surface area contributed by atoms with Crippen LogP contribution in [0.3, 0.4) is 0 Å². The summed E-state index contributed by atoms with van der Waals surface area (Å²) in [6, 6.07) is 7.24. The summed E-state index contributed by atoms with van der Waals surface area (Å²) in [7, 11) is 0. The van der Waals surface area contributed by atoms with Crippen molar-refractivity contribution in [1.29, 1.82) is 0 Å². The molecule has 0 atom stereocenters. The van der Waals surface area contributed by atoms with Crippen molar-refractivity contribution in [2.75, 3.05) is 11.9 Å². The van der Waals surface area contributed by atoms with Gasteiger partial charge in [-0.15, -0.1) is 11.3 Å². The lowest BCUT2D eigenvalue weighted by Crippen LogP contribution is -2.36. The molecule has 10 heteroatoms. The van der Waals surface area contributed by atoms with E-state index in [0.717, 1.165) is 11.3 Å². The fourth-order valence-corrected chi connectivity index (χ4v) is 2.76. The van der Waals surface area contributed by atoms with Gasteiger partial charge < -0.3 is 39.8 Å². The minimum absolute atomic E-state index is 0.230. The van der Waals surface area contributed by atoms with Crippen LogP contribution in [0.5, 0.6) is 5.75 Å². The molecule has 1 heterocycles. The molecule has 1 aromatic carbocycles. The number of anilines is 1. The Kier molecular flexibility index (Phi) is 5.35. The molecule has 0 saturated carbocycles. The molecule has 0 spiro atoms. The number of carboxylic acid groups (broad SMARTS) is 3. The molecule has 0 aliphatic carbocycles. The maximum absolute atomic E-state index is 11.2. The molecule has 1 amide bonds. The first kappa shape index (κ1) is 17.9. The summed E-state index contributed by atoms with van der Waals surface area (Å²) in [5, 5.41) is 33.8. The number of nitrogens with one attached hydrogen (secondary N) is 1. The quantitative estimate of drug-likeness (QED) is 0.557. The SMILES string of the molecule is O=C([O-])COc1ccc(-c2cc(NC(=O)C(=O)[O-])c(C(=O)[O-])s2)cc1. The molecule has 0 bridgehead atoms. The summed E-state index contributed by atoms with van der Waals surface area (Å²) in [4.78, 5) is 43.1. The lowest BCUT2D eigenvalue weighted by atomic mass is 10.2. The molecule has 2 aromatic rings. The Hall–Kier alpha value is -3.40. The van der Waals surface area contributed by atoms with Crippen molar-refractivity contribution in [2.24, 2.45) is 0 Å². The van der Waals surface area contributed by atoms with E-state index >= 15 is 0 Å². The molecule has 9 nitrogen and oxygen atoms in total. The number of carboxylic acids is 3. The number of ether oxygens (including phenoxy) is 1. The second-order valence-electron chi connectivity index (χ2n) is 4.57. The summed E-state index contributed by atoms with van der Waals surface area (Å²) >= 11 is 0.763. The zero-order valence-electron chi connectivity index (χ0n) is 12.3. The van der Waals surface area contributed by atoms with Gasteiger partial charge in [-0.2, -0.15) is 0 Å². The molecule has 130 valence electrons. The highest BCUT2D eigenvalue weighted by molar-refractivity contribution is 7.18. The first-order valence-electron chi connectivity index (χ1n) is 6.58. The number of aliphatic carboxylic acids is 2. The van der Waals surface area contributed by atoms with Gasteiger partial charge in [0.2, 0.25) is 0 Å². The van der Waals surface area contributed by atoms with E-state index < -0.39 is 30.4 Å². The van der Waals surface area contributed by atoms with Gasteiger partial charge >= 0.3 is 0 Å². The third-order valence-electron chi connectivity index (χ3n) is 2.85. The third-order valence-corrected chi connectivity index (χ3v) is 4.01. The number of amides is 1. The zero-order chi connectivity index (χ0) is 18.6. The highest BCUT2D eigenvalue weighted by Crippen LogP contribution is 2.35. The van der Waals surface area contributed by atoms with Gasteiger partial charge in [0, 0.05) is 4.88 Å². The molecular formula is C15H8NO8S-3. The van der Waals surface area contributed by atoms with Gasteiger partial charge in [0.25, 0.3) is 5.91 Å². The van der Waals surface area contributed by atoms with Crippen molar-refractivity contribution >= 4 is 40.8 Å². The Morgan fingerprint density at radius 2 is 1.68 bits per heavy atom. The van der Waals surface area contributed by atoms with Crippen LogP contribution in [-0.2, 0) is 14.4 Å². The second kappa shape index (κ2) is 7.45. The van der Waals surface area contributed by atoms with Crippen LogP contribution in [-0.4, -0.2) is 30.4 Å². The van der Waals surface area contributed by atoms with Crippen molar-refractivity contribution in [3.8, 4) is 16.2 Å². The predicted octanol–water partition coefficient (Wildman–Crippen LogP) is -2.40. The Labute approximate surface area is 144 Å². The Balaban J connectivity index is 2.27. The maximum Gasteiger partial charge on any atom is 0.271 e.